The largest absolute Gasteiger partial charge is 0.463 e. The van der Waals surface area contributed by atoms with Gasteiger partial charge in [0.15, 0.2) is 12.2 Å². The number of hydrogen-bond donors (Lipinski definition) is 1. The van der Waals surface area contributed by atoms with Gasteiger partial charge < -0.3 is 14.6 Å². The summed E-state index contributed by atoms with van der Waals surface area (Å²) in [5, 5.41) is 9.86. The van der Waals surface area contributed by atoms with Crippen molar-refractivity contribution in [3.05, 3.63) is 0 Å². The monoisotopic (exact) mass is 478 g/mol. The first-order valence-electron chi connectivity index (χ1n) is 12.1. The van der Waals surface area contributed by atoms with E-state index in [9.17, 15) is 14.7 Å². The second-order valence-electron chi connectivity index (χ2n) is 8.06. The van der Waals surface area contributed by atoms with Crippen molar-refractivity contribution in [2.24, 2.45) is 0 Å². The van der Waals surface area contributed by atoms with Crippen molar-refractivity contribution in [3.8, 4) is 0 Å². The third-order valence-corrected chi connectivity index (χ3v) is 6.50. The zero-order valence-electron chi connectivity index (χ0n) is 20.1. The van der Waals surface area contributed by atoms with Gasteiger partial charge in [-0.15, -0.1) is 0 Å². The molecule has 0 fully saturated rings. The Bertz CT molecular complexity index is 434. The fourth-order valence-electron chi connectivity index (χ4n) is 3.22. The molecule has 0 aromatic rings. The Morgan fingerprint density at radius 2 is 1.23 bits per heavy atom. The number of hydrogen-bond acceptors (Lipinski definition) is 7. The number of aliphatic hydroxyl groups is 1. The van der Waals surface area contributed by atoms with Gasteiger partial charge in [0.05, 0.1) is 6.61 Å². The van der Waals surface area contributed by atoms with Crippen LogP contribution in [0.2, 0.25) is 0 Å². The van der Waals surface area contributed by atoms with Gasteiger partial charge in [-0.3, -0.25) is 0 Å². The van der Waals surface area contributed by atoms with Gasteiger partial charge in [0.25, 0.3) is 0 Å². The Hall–Kier alpha value is -0.400. The van der Waals surface area contributed by atoms with E-state index in [2.05, 4.69) is 6.92 Å². The van der Waals surface area contributed by atoms with E-state index in [0.29, 0.717) is 31.0 Å². The van der Waals surface area contributed by atoms with E-state index in [1.54, 1.807) is 23.5 Å². The zero-order valence-corrected chi connectivity index (χ0v) is 21.7. The highest BCUT2D eigenvalue weighted by Crippen LogP contribution is 2.13. The van der Waals surface area contributed by atoms with Crippen LogP contribution in [0.4, 0.5) is 0 Å². The molecule has 0 aromatic carbocycles. The van der Waals surface area contributed by atoms with E-state index < -0.39 is 24.1 Å². The lowest BCUT2D eigenvalue weighted by molar-refractivity contribution is -0.173. The fraction of sp³-hybridized carbons (Fsp3) is 0.917. The molecule has 184 valence electrons. The lowest BCUT2D eigenvalue weighted by Crippen LogP contribution is -2.34. The minimum atomic E-state index is -1.19. The van der Waals surface area contributed by atoms with Gasteiger partial charge in [0.2, 0.25) is 0 Å². The molecule has 7 heteroatoms. The highest BCUT2D eigenvalue weighted by molar-refractivity contribution is 7.98. The number of ether oxygens (including phenoxy) is 2. The first-order valence-corrected chi connectivity index (χ1v) is 14.9. The maximum absolute atomic E-state index is 12.3. The Labute approximate surface area is 199 Å². The van der Waals surface area contributed by atoms with Crippen LogP contribution in [-0.2, 0) is 19.1 Å². The summed E-state index contributed by atoms with van der Waals surface area (Å²) in [4.78, 5) is 24.3. The number of unbranched alkanes of at least 4 members (excludes halogenated alkanes) is 11. The van der Waals surface area contributed by atoms with Gasteiger partial charge in [0, 0.05) is 6.42 Å². The van der Waals surface area contributed by atoms with Crippen LogP contribution in [-0.4, -0.2) is 59.9 Å². The van der Waals surface area contributed by atoms with Crippen LogP contribution in [0.25, 0.3) is 0 Å². The van der Waals surface area contributed by atoms with Crippen LogP contribution in [0.3, 0.4) is 0 Å². The van der Waals surface area contributed by atoms with Gasteiger partial charge in [-0.2, -0.15) is 23.5 Å². The molecule has 2 atom stereocenters. The molecule has 1 N–H and O–H groups in total. The summed E-state index contributed by atoms with van der Waals surface area (Å²) in [5.74, 6) is 0.117. The number of esters is 2. The molecule has 0 heterocycles. The minimum absolute atomic E-state index is 0.323. The quantitative estimate of drug-likeness (QED) is 0.151. The van der Waals surface area contributed by atoms with Gasteiger partial charge in [-0.05, 0) is 36.9 Å². The average molecular weight is 479 g/mol. The molecule has 0 rings (SSSR count). The van der Waals surface area contributed by atoms with E-state index >= 15 is 0 Å². The van der Waals surface area contributed by atoms with Crippen molar-refractivity contribution in [3.63, 3.8) is 0 Å². The van der Waals surface area contributed by atoms with Gasteiger partial charge in [0.1, 0.15) is 0 Å². The molecule has 2 unspecified atom stereocenters. The van der Waals surface area contributed by atoms with Crippen LogP contribution >= 0.6 is 23.5 Å². The Kier molecular flexibility index (Phi) is 22.5. The molecule has 0 amide bonds. The van der Waals surface area contributed by atoms with Crippen molar-refractivity contribution < 1.29 is 24.2 Å². The van der Waals surface area contributed by atoms with Crippen LogP contribution in [0.5, 0.6) is 0 Å². The molecule has 0 bridgehead atoms. The third-order valence-electron chi connectivity index (χ3n) is 5.22. The van der Waals surface area contributed by atoms with E-state index in [0.717, 1.165) is 12.8 Å². The van der Waals surface area contributed by atoms with E-state index in [1.807, 2.05) is 12.5 Å². The molecule has 31 heavy (non-hydrogen) atoms. The predicted molar refractivity (Wildman–Crippen MR) is 134 cm³/mol. The minimum Gasteiger partial charge on any atom is -0.463 e. The highest BCUT2D eigenvalue weighted by atomic mass is 32.2. The summed E-state index contributed by atoms with van der Waals surface area (Å²) >= 11 is 3.13. The van der Waals surface area contributed by atoms with Crippen molar-refractivity contribution >= 4 is 35.5 Å². The summed E-state index contributed by atoms with van der Waals surface area (Å²) in [6.07, 6.45) is 17.5. The number of rotatable bonds is 22. The molecular weight excluding hydrogens is 432 g/mol. The normalized spacial score (nSPS) is 13.0. The van der Waals surface area contributed by atoms with Crippen molar-refractivity contribution in [2.45, 2.75) is 109 Å². The first kappa shape index (κ1) is 30.6. The molecule has 0 saturated carbocycles. The first-order chi connectivity index (χ1) is 15.1. The van der Waals surface area contributed by atoms with E-state index in [4.69, 9.17) is 9.47 Å². The van der Waals surface area contributed by atoms with Crippen LogP contribution < -0.4 is 0 Å². The third kappa shape index (κ3) is 18.8. The van der Waals surface area contributed by atoms with Crippen LogP contribution in [0, 0.1) is 0 Å². The Balaban J connectivity index is 3.88. The molecule has 0 aliphatic carbocycles. The summed E-state index contributed by atoms with van der Waals surface area (Å²) in [7, 11) is 0. The van der Waals surface area contributed by atoms with Gasteiger partial charge in [-0.25, -0.2) is 9.59 Å². The molecule has 5 nitrogen and oxygen atoms in total. The number of carbonyl (C=O) groups excluding carboxylic acids is 2. The number of thioether (sulfide) groups is 2. The summed E-state index contributed by atoms with van der Waals surface area (Å²) < 4.78 is 10.6. The van der Waals surface area contributed by atoms with Gasteiger partial charge in [-0.1, -0.05) is 77.6 Å². The molecule has 0 saturated heterocycles. The van der Waals surface area contributed by atoms with E-state index in [1.165, 1.54) is 64.2 Å². The SMILES string of the molecule is CCCCCCCCCCCCCCOC(=O)C(CCSC)OC(=O)C(O)CCSC. The summed E-state index contributed by atoms with van der Waals surface area (Å²) in [6.45, 7) is 2.61. The highest BCUT2D eigenvalue weighted by Gasteiger charge is 2.27. The fourth-order valence-corrected chi connectivity index (χ4v) is 4.13. The smallest absolute Gasteiger partial charge is 0.347 e. The molecule has 0 radical (unpaired) electrons. The Morgan fingerprint density at radius 3 is 1.74 bits per heavy atom. The number of aliphatic hydroxyl groups excluding tert-OH is 1. The lowest BCUT2D eigenvalue weighted by Gasteiger charge is -2.18. The maximum atomic E-state index is 12.3. The second-order valence-corrected chi connectivity index (χ2v) is 10.0. The second kappa shape index (κ2) is 22.8. The molecule has 0 aromatic heterocycles. The zero-order chi connectivity index (χ0) is 23.2. The predicted octanol–water partition coefficient (Wildman–Crippen LogP) is 6.01. The number of carbonyl (C=O) groups is 2. The van der Waals surface area contributed by atoms with Crippen LogP contribution in [0.1, 0.15) is 96.8 Å². The van der Waals surface area contributed by atoms with Crippen molar-refractivity contribution in [2.75, 3.05) is 30.6 Å². The summed E-state index contributed by atoms with van der Waals surface area (Å²) in [6, 6.07) is 0. The van der Waals surface area contributed by atoms with Crippen LogP contribution in [0.15, 0.2) is 0 Å². The van der Waals surface area contributed by atoms with Gasteiger partial charge >= 0.3 is 11.9 Å². The molecule has 0 spiro atoms. The standard InChI is InChI=1S/C24H46O5S2/c1-4-5-6-7-8-9-10-11-12-13-14-15-18-28-24(27)22(17-20-31-3)29-23(26)21(25)16-19-30-2/h21-22,25H,4-20H2,1-3H3. The topological polar surface area (TPSA) is 72.8 Å². The van der Waals surface area contributed by atoms with Crippen molar-refractivity contribution in [1.29, 1.82) is 0 Å². The van der Waals surface area contributed by atoms with E-state index in [-0.39, 0.29) is 0 Å². The lowest BCUT2D eigenvalue weighted by atomic mass is 10.1. The molecule has 0 aliphatic rings. The maximum Gasteiger partial charge on any atom is 0.347 e. The summed E-state index contributed by atoms with van der Waals surface area (Å²) in [5.41, 5.74) is 0. The molecular formula is C24H46O5S2. The Morgan fingerprint density at radius 1 is 0.742 bits per heavy atom. The molecule has 0 aliphatic heterocycles. The van der Waals surface area contributed by atoms with Crippen molar-refractivity contribution in [1.82, 2.24) is 0 Å². The average Bonchev–Trinajstić information content (AvgIpc) is 2.77.